The van der Waals surface area contributed by atoms with Gasteiger partial charge >= 0.3 is 6.03 Å². The predicted molar refractivity (Wildman–Crippen MR) is 135 cm³/mol. The Kier molecular flexibility index (Phi) is 8.31. The number of amides is 2. The van der Waals surface area contributed by atoms with E-state index in [-0.39, 0.29) is 12.1 Å². The molecule has 10 nitrogen and oxygen atoms in total. The SMILES string of the molecule is COCCNC(=O)Nc1cccc(Nc2nccc(-c3ccc(OC4CCOCC4)c(N)c3)n2)c1. The number of methoxy groups -OCH3 is 1. The third-order valence-electron chi connectivity index (χ3n) is 5.39. The number of nitrogen functional groups attached to an aromatic ring is 1. The summed E-state index contributed by atoms with van der Waals surface area (Å²) in [5.41, 5.74) is 9.77. The van der Waals surface area contributed by atoms with E-state index in [0.717, 1.165) is 29.8 Å². The third kappa shape index (κ3) is 7.05. The number of hydrogen-bond donors (Lipinski definition) is 4. The van der Waals surface area contributed by atoms with Gasteiger partial charge in [-0.05, 0) is 42.5 Å². The Bertz CT molecular complexity index is 1140. The van der Waals surface area contributed by atoms with Crippen LogP contribution < -0.4 is 26.4 Å². The molecule has 0 atom stereocenters. The fourth-order valence-electron chi connectivity index (χ4n) is 3.61. The number of benzene rings is 2. The van der Waals surface area contributed by atoms with Gasteiger partial charge in [0.2, 0.25) is 5.95 Å². The van der Waals surface area contributed by atoms with Crippen LogP contribution in [0.4, 0.5) is 27.8 Å². The predicted octanol–water partition coefficient (Wildman–Crippen LogP) is 3.80. The van der Waals surface area contributed by atoms with Gasteiger partial charge in [-0.3, -0.25) is 0 Å². The second-order valence-electron chi connectivity index (χ2n) is 8.03. The van der Waals surface area contributed by atoms with E-state index >= 15 is 0 Å². The summed E-state index contributed by atoms with van der Waals surface area (Å²) in [6.45, 7) is 2.29. The van der Waals surface area contributed by atoms with Crippen LogP contribution in [0.25, 0.3) is 11.3 Å². The van der Waals surface area contributed by atoms with Gasteiger partial charge in [0.25, 0.3) is 0 Å². The third-order valence-corrected chi connectivity index (χ3v) is 5.39. The molecular weight excluding hydrogens is 448 g/mol. The molecule has 1 saturated heterocycles. The van der Waals surface area contributed by atoms with Crippen molar-refractivity contribution < 1.29 is 19.0 Å². The zero-order valence-electron chi connectivity index (χ0n) is 19.6. The largest absolute Gasteiger partial charge is 0.488 e. The topological polar surface area (TPSA) is 133 Å². The summed E-state index contributed by atoms with van der Waals surface area (Å²) < 4.78 is 16.4. The van der Waals surface area contributed by atoms with Gasteiger partial charge in [-0.15, -0.1) is 0 Å². The molecule has 1 fully saturated rings. The van der Waals surface area contributed by atoms with Crippen LogP contribution in [0, 0.1) is 0 Å². The summed E-state index contributed by atoms with van der Waals surface area (Å²) >= 11 is 0. The first-order valence-electron chi connectivity index (χ1n) is 11.5. The second kappa shape index (κ2) is 12.0. The molecule has 184 valence electrons. The van der Waals surface area contributed by atoms with Crippen molar-refractivity contribution in [3.8, 4) is 17.0 Å². The van der Waals surface area contributed by atoms with Crippen molar-refractivity contribution in [2.24, 2.45) is 0 Å². The molecule has 1 aromatic heterocycles. The highest BCUT2D eigenvalue weighted by atomic mass is 16.5. The number of carbonyl (C=O) groups excluding carboxylic acids is 1. The van der Waals surface area contributed by atoms with Crippen molar-refractivity contribution in [3.63, 3.8) is 0 Å². The summed E-state index contributed by atoms with van der Waals surface area (Å²) in [6.07, 6.45) is 3.52. The molecule has 2 amide bonds. The van der Waals surface area contributed by atoms with E-state index < -0.39 is 0 Å². The van der Waals surface area contributed by atoms with Crippen molar-refractivity contribution >= 4 is 29.0 Å². The van der Waals surface area contributed by atoms with Crippen LogP contribution in [0.1, 0.15) is 12.8 Å². The fourth-order valence-corrected chi connectivity index (χ4v) is 3.61. The minimum atomic E-state index is -0.306. The normalized spacial score (nSPS) is 13.7. The Morgan fingerprint density at radius 3 is 2.77 bits per heavy atom. The van der Waals surface area contributed by atoms with Gasteiger partial charge in [-0.25, -0.2) is 14.8 Å². The van der Waals surface area contributed by atoms with Crippen LogP contribution in [-0.4, -0.2) is 55.6 Å². The minimum absolute atomic E-state index is 0.119. The molecule has 3 aromatic rings. The van der Waals surface area contributed by atoms with E-state index in [1.54, 1.807) is 25.4 Å². The summed E-state index contributed by atoms with van der Waals surface area (Å²) in [6, 6.07) is 14.5. The molecule has 2 heterocycles. The maximum Gasteiger partial charge on any atom is 0.319 e. The van der Waals surface area contributed by atoms with Crippen LogP contribution >= 0.6 is 0 Å². The number of nitrogens with two attached hydrogens (primary N) is 1. The van der Waals surface area contributed by atoms with Gasteiger partial charge < -0.3 is 35.9 Å². The van der Waals surface area contributed by atoms with Crippen LogP contribution in [-0.2, 0) is 9.47 Å². The van der Waals surface area contributed by atoms with Crippen LogP contribution in [0.5, 0.6) is 5.75 Å². The molecule has 0 saturated carbocycles. The van der Waals surface area contributed by atoms with Crippen LogP contribution in [0.3, 0.4) is 0 Å². The molecular formula is C25H30N6O4. The highest BCUT2D eigenvalue weighted by Gasteiger charge is 2.17. The highest BCUT2D eigenvalue weighted by molar-refractivity contribution is 5.89. The lowest BCUT2D eigenvalue weighted by molar-refractivity contribution is 0.0259. The van der Waals surface area contributed by atoms with E-state index in [0.29, 0.717) is 49.4 Å². The van der Waals surface area contributed by atoms with Gasteiger partial charge in [0, 0.05) is 49.6 Å². The average molecular weight is 479 g/mol. The van der Waals surface area contributed by atoms with Crippen molar-refractivity contribution in [3.05, 3.63) is 54.7 Å². The molecule has 1 aliphatic rings. The van der Waals surface area contributed by atoms with E-state index in [1.807, 2.05) is 36.4 Å². The standard InChI is InChI=1S/C25H30N6O4/c1-33-14-11-28-25(32)30-19-4-2-3-18(16-19)29-24-27-10-7-22(31-24)17-5-6-23(21(26)15-17)35-20-8-12-34-13-9-20/h2-7,10,15-16,20H,8-9,11-14,26H2,1H3,(H,27,29,31)(H2,28,30,32). The Balaban J connectivity index is 1.41. The van der Waals surface area contributed by atoms with E-state index in [9.17, 15) is 4.79 Å². The molecule has 0 unspecified atom stereocenters. The fraction of sp³-hybridized carbons (Fsp3) is 0.320. The van der Waals surface area contributed by atoms with Crippen molar-refractivity contribution in [1.29, 1.82) is 0 Å². The molecule has 2 aromatic carbocycles. The van der Waals surface area contributed by atoms with Crippen LogP contribution in [0.2, 0.25) is 0 Å². The quantitative estimate of drug-likeness (QED) is 0.270. The first-order chi connectivity index (χ1) is 17.1. The van der Waals surface area contributed by atoms with E-state index in [1.165, 1.54) is 0 Å². The van der Waals surface area contributed by atoms with Crippen molar-refractivity contribution in [2.45, 2.75) is 18.9 Å². The van der Waals surface area contributed by atoms with Gasteiger partial charge in [-0.1, -0.05) is 6.07 Å². The van der Waals surface area contributed by atoms with Gasteiger partial charge in [0.1, 0.15) is 11.9 Å². The van der Waals surface area contributed by atoms with Gasteiger partial charge in [0.05, 0.1) is 31.2 Å². The summed E-state index contributed by atoms with van der Waals surface area (Å²) in [5, 5.41) is 8.68. The van der Waals surface area contributed by atoms with Crippen LogP contribution in [0.15, 0.2) is 54.7 Å². The molecule has 0 spiro atoms. The van der Waals surface area contributed by atoms with Gasteiger partial charge in [-0.2, -0.15) is 0 Å². The number of carbonyl (C=O) groups is 1. The monoisotopic (exact) mass is 478 g/mol. The lowest BCUT2D eigenvalue weighted by Crippen LogP contribution is -2.31. The lowest BCUT2D eigenvalue weighted by Gasteiger charge is -2.24. The maximum atomic E-state index is 12.0. The Labute approximate surface area is 204 Å². The molecule has 0 radical (unpaired) electrons. The molecule has 35 heavy (non-hydrogen) atoms. The molecule has 5 N–H and O–H groups in total. The first kappa shape index (κ1) is 24.2. The number of aromatic nitrogens is 2. The number of hydrogen-bond acceptors (Lipinski definition) is 8. The van der Waals surface area contributed by atoms with Crippen molar-refractivity contribution in [1.82, 2.24) is 15.3 Å². The number of anilines is 4. The molecule has 4 rings (SSSR count). The Hall–Kier alpha value is -3.89. The highest BCUT2D eigenvalue weighted by Crippen LogP contribution is 2.30. The van der Waals surface area contributed by atoms with Crippen molar-refractivity contribution in [2.75, 3.05) is 49.8 Å². The lowest BCUT2D eigenvalue weighted by atomic mass is 10.1. The summed E-state index contributed by atoms with van der Waals surface area (Å²) in [5.74, 6) is 1.09. The summed E-state index contributed by atoms with van der Waals surface area (Å²) in [4.78, 5) is 20.9. The number of ether oxygens (including phenoxy) is 3. The second-order valence-corrected chi connectivity index (χ2v) is 8.03. The first-order valence-corrected chi connectivity index (χ1v) is 11.5. The molecule has 1 aliphatic heterocycles. The number of nitrogens with zero attached hydrogens (tertiary/aromatic N) is 2. The van der Waals surface area contributed by atoms with E-state index in [4.69, 9.17) is 19.9 Å². The molecule has 0 bridgehead atoms. The molecule has 10 heteroatoms. The smallest absolute Gasteiger partial charge is 0.319 e. The number of nitrogens with one attached hydrogen (secondary N) is 3. The zero-order chi connectivity index (χ0) is 24.5. The zero-order valence-corrected chi connectivity index (χ0v) is 19.6. The Morgan fingerprint density at radius 2 is 1.97 bits per heavy atom. The van der Waals surface area contributed by atoms with Gasteiger partial charge in [0.15, 0.2) is 0 Å². The average Bonchev–Trinajstić information content (AvgIpc) is 2.86. The minimum Gasteiger partial charge on any atom is -0.488 e. The number of urea groups is 1. The Morgan fingerprint density at radius 1 is 1.14 bits per heavy atom. The molecule has 0 aliphatic carbocycles. The summed E-state index contributed by atoms with van der Waals surface area (Å²) in [7, 11) is 1.58. The number of rotatable bonds is 9. The maximum absolute atomic E-state index is 12.0. The van der Waals surface area contributed by atoms with E-state index in [2.05, 4.69) is 25.9 Å².